The first kappa shape index (κ1) is 25.8. The third-order valence-corrected chi connectivity index (χ3v) is 10.5. The molecule has 0 saturated heterocycles. The summed E-state index contributed by atoms with van der Waals surface area (Å²) in [6, 6.07) is 16.8. The molecule has 1 heterocycles. The van der Waals surface area contributed by atoms with Crippen molar-refractivity contribution < 1.29 is 14.1 Å². The molecule has 0 spiro atoms. The fourth-order valence-corrected chi connectivity index (χ4v) is 7.64. The molecule has 0 unspecified atom stereocenters. The zero-order valence-electron chi connectivity index (χ0n) is 23.7. The van der Waals surface area contributed by atoms with Crippen molar-refractivity contribution in [3.05, 3.63) is 60.2 Å². The van der Waals surface area contributed by atoms with Crippen LogP contribution in [0.1, 0.15) is 101 Å². The molecule has 5 saturated carbocycles. The van der Waals surface area contributed by atoms with E-state index in [2.05, 4.69) is 46.5 Å². The molecule has 6 heteroatoms. The number of fused-ring (bicyclic) bond motifs is 3. The summed E-state index contributed by atoms with van der Waals surface area (Å²) in [7, 11) is 1.70. The predicted octanol–water partition coefficient (Wildman–Crippen LogP) is 7.83. The number of carbonyl (C=O) groups is 1. The summed E-state index contributed by atoms with van der Waals surface area (Å²) in [5, 5.41) is 4.34. The van der Waals surface area contributed by atoms with Gasteiger partial charge in [0.2, 0.25) is 11.8 Å². The topological polar surface area (TPSA) is 68.5 Å². The lowest BCUT2D eigenvalue weighted by Gasteiger charge is -2.53. The molecule has 1 aromatic heterocycles. The minimum atomic E-state index is 0.0341. The van der Waals surface area contributed by atoms with Crippen LogP contribution in [0, 0.1) is 11.3 Å². The summed E-state index contributed by atoms with van der Waals surface area (Å²) in [5.74, 6) is 3.62. The second-order valence-electron chi connectivity index (χ2n) is 13.1. The van der Waals surface area contributed by atoms with Gasteiger partial charge in [0, 0.05) is 29.5 Å². The Kier molecular flexibility index (Phi) is 6.68. The number of amides is 1. The van der Waals surface area contributed by atoms with Gasteiger partial charge in [-0.15, -0.1) is 0 Å². The van der Waals surface area contributed by atoms with Crippen molar-refractivity contribution in [1.29, 1.82) is 0 Å². The lowest BCUT2D eigenvalue weighted by atomic mass is 9.53. The molecule has 0 N–H and O–H groups in total. The van der Waals surface area contributed by atoms with Gasteiger partial charge in [-0.05, 0) is 105 Å². The van der Waals surface area contributed by atoms with Gasteiger partial charge < -0.3 is 14.2 Å². The van der Waals surface area contributed by atoms with Gasteiger partial charge >= 0.3 is 0 Å². The van der Waals surface area contributed by atoms with Crippen molar-refractivity contribution in [3.63, 3.8) is 0 Å². The Hall–Kier alpha value is -3.15. The van der Waals surface area contributed by atoms with Gasteiger partial charge in [-0.3, -0.25) is 4.79 Å². The van der Waals surface area contributed by atoms with Crippen LogP contribution in [-0.4, -0.2) is 29.7 Å². The van der Waals surface area contributed by atoms with Gasteiger partial charge in [0.1, 0.15) is 5.75 Å². The highest BCUT2D eigenvalue weighted by atomic mass is 16.5. The van der Waals surface area contributed by atoms with E-state index in [9.17, 15) is 4.79 Å². The Morgan fingerprint density at radius 3 is 2.33 bits per heavy atom. The zero-order chi connectivity index (χ0) is 27.2. The number of nitrogens with zero attached hydrogens (tertiary/aromatic N) is 3. The number of rotatable bonds is 8. The second kappa shape index (κ2) is 10.4. The average molecular weight is 540 g/mol. The van der Waals surface area contributed by atoms with E-state index >= 15 is 0 Å². The Bertz CT molecular complexity index is 1350. The van der Waals surface area contributed by atoms with Gasteiger partial charge in [-0.1, -0.05) is 48.7 Å². The van der Waals surface area contributed by atoms with E-state index < -0.39 is 0 Å². The van der Waals surface area contributed by atoms with Crippen molar-refractivity contribution in [2.75, 3.05) is 18.6 Å². The zero-order valence-corrected chi connectivity index (χ0v) is 23.7. The van der Waals surface area contributed by atoms with Gasteiger partial charge in [0.15, 0.2) is 5.82 Å². The molecule has 6 nitrogen and oxygen atoms in total. The first-order valence-corrected chi connectivity index (χ1v) is 15.5. The summed E-state index contributed by atoms with van der Waals surface area (Å²) >= 11 is 0. The van der Waals surface area contributed by atoms with E-state index in [-0.39, 0.29) is 16.7 Å². The van der Waals surface area contributed by atoms with E-state index in [1.807, 2.05) is 12.1 Å². The molecule has 5 aliphatic carbocycles. The van der Waals surface area contributed by atoms with E-state index in [1.165, 1.54) is 19.3 Å². The van der Waals surface area contributed by atoms with Gasteiger partial charge in [-0.25, -0.2) is 0 Å². The number of benzene rings is 2. The van der Waals surface area contributed by atoms with Crippen molar-refractivity contribution >= 4 is 11.6 Å². The van der Waals surface area contributed by atoms with Crippen LogP contribution in [0.2, 0.25) is 0 Å². The van der Waals surface area contributed by atoms with Crippen LogP contribution in [0.25, 0.3) is 11.1 Å². The fraction of sp³-hybridized carbons (Fsp3) is 0.559. The average Bonchev–Trinajstić information content (AvgIpc) is 3.76. The standard InChI is InChI=1S/C34H41N3O3/c1-39-29-12-6-10-27(22-29)26-9-5-11-28(21-26)37(31(38)25-7-3-2-4-8-25)23-33-15-18-34(19-16-33,20-17-33)32-35-30(36-40-32)24-13-14-24/h5-6,9-12,21-22,24-25H,2-4,7-8,13-20,23H2,1H3. The molecular formula is C34H41N3O3. The van der Waals surface area contributed by atoms with Gasteiger partial charge in [0.05, 0.1) is 7.11 Å². The van der Waals surface area contributed by atoms with Crippen LogP contribution < -0.4 is 9.64 Å². The number of anilines is 1. The molecule has 8 rings (SSSR count). The molecule has 1 amide bonds. The molecular weight excluding hydrogens is 498 g/mol. The number of ether oxygens (including phenoxy) is 1. The first-order valence-electron chi connectivity index (χ1n) is 15.5. The molecule has 210 valence electrons. The van der Waals surface area contributed by atoms with Gasteiger partial charge in [-0.2, -0.15) is 4.98 Å². The van der Waals surface area contributed by atoms with Crippen LogP contribution in [0.3, 0.4) is 0 Å². The Morgan fingerprint density at radius 2 is 1.62 bits per heavy atom. The maximum absolute atomic E-state index is 14.2. The largest absolute Gasteiger partial charge is 0.497 e. The highest BCUT2D eigenvalue weighted by molar-refractivity contribution is 5.96. The monoisotopic (exact) mass is 539 g/mol. The minimum Gasteiger partial charge on any atom is -0.497 e. The highest BCUT2D eigenvalue weighted by Crippen LogP contribution is 2.58. The van der Waals surface area contributed by atoms with Crippen LogP contribution in [-0.2, 0) is 10.2 Å². The SMILES string of the molecule is COc1cccc(-c2cccc(N(CC34CCC(c5nc(C6CC6)no5)(CC3)CC4)C(=O)C3CCCCC3)c2)c1. The number of hydrogen-bond donors (Lipinski definition) is 0. The molecule has 3 aromatic rings. The normalized spacial score (nSPS) is 26.5. The summed E-state index contributed by atoms with van der Waals surface area (Å²) in [5.41, 5.74) is 3.43. The van der Waals surface area contributed by atoms with E-state index in [0.29, 0.717) is 11.8 Å². The Balaban J connectivity index is 1.15. The second-order valence-corrected chi connectivity index (χ2v) is 13.1. The molecule has 0 aliphatic heterocycles. The maximum Gasteiger partial charge on any atom is 0.232 e. The molecule has 2 aromatic carbocycles. The van der Waals surface area contributed by atoms with Crippen LogP contribution in [0.15, 0.2) is 53.1 Å². The molecule has 5 aliphatic rings. The highest BCUT2D eigenvalue weighted by Gasteiger charge is 2.53. The van der Waals surface area contributed by atoms with E-state index in [1.54, 1.807) is 7.11 Å². The van der Waals surface area contributed by atoms with Crippen molar-refractivity contribution in [3.8, 4) is 16.9 Å². The third kappa shape index (κ3) is 4.84. The van der Waals surface area contributed by atoms with Crippen molar-refractivity contribution in [2.24, 2.45) is 11.3 Å². The van der Waals surface area contributed by atoms with E-state index in [0.717, 1.165) is 105 Å². The lowest BCUT2D eigenvalue weighted by molar-refractivity contribution is -0.124. The lowest BCUT2D eigenvalue weighted by Crippen LogP contribution is -2.51. The fourth-order valence-electron chi connectivity index (χ4n) is 7.64. The predicted molar refractivity (Wildman–Crippen MR) is 155 cm³/mol. The van der Waals surface area contributed by atoms with Crippen LogP contribution in [0.5, 0.6) is 5.75 Å². The molecule has 40 heavy (non-hydrogen) atoms. The van der Waals surface area contributed by atoms with E-state index in [4.69, 9.17) is 14.2 Å². The summed E-state index contributed by atoms with van der Waals surface area (Å²) in [4.78, 5) is 21.3. The smallest absolute Gasteiger partial charge is 0.232 e. The van der Waals surface area contributed by atoms with Crippen LogP contribution in [0.4, 0.5) is 5.69 Å². The number of hydrogen-bond acceptors (Lipinski definition) is 5. The minimum absolute atomic E-state index is 0.0341. The summed E-state index contributed by atoms with van der Waals surface area (Å²) < 4.78 is 11.3. The van der Waals surface area contributed by atoms with Gasteiger partial charge in [0.25, 0.3) is 0 Å². The summed E-state index contributed by atoms with van der Waals surface area (Å²) in [6.07, 6.45) is 14.6. The number of carbonyl (C=O) groups excluding carboxylic acids is 1. The Labute approximate surface area is 237 Å². The summed E-state index contributed by atoms with van der Waals surface area (Å²) in [6.45, 7) is 0.803. The maximum atomic E-state index is 14.2. The molecule has 2 bridgehead atoms. The number of aromatic nitrogens is 2. The number of methoxy groups -OCH3 is 1. The Morgan fingerprint density at radius 1 is 0.925 bits per heavy atom. The molecule has 0 radical (unpaired) electrons. The van der Waals surface area contributed by atoms with Crippen molar-refractivity contribution in [2.45, 2.75) is 94.8 Å². The third-order valence-electron chi connectivity index (χ3n) is 10.5. The molecule has 0 atom stereocenters. The molecule has 5 fully saturated rings. The van der Waals surface area contributed by atoms with Crippen molar-refractivity contribution in [1.82, 2.24) is 10.1 Å². The van der Waals surface area contributed by atoms with Crippen LogP contribution >= 0.6 is 0 Å². The quantitative estimate of drug-likeness (QED) is 0.292. The first-order chi connectivity index (χ1) is 19.6.